The first-order valence-electron chi connectivity index (χ1n) is 16.8. The molecule has 0 aliphatic carbocycles. The van der Waals surface area contributed by atoms with E-state index >= 15 is 0 Å². The number of carbonyl (C=O) groups excluding carboxylic acids is 3. The quantitative estimate of drug-likeness (QED) is 0.126. The molecule has 1 unspecified atom stereocenters. The fraction of sp³-hybridized carbons (Fsp3) is 0.447. The number of alkyl carbamates (subject to hydrolysis) is 1. The lowest BCUT2D eigenvalue weighted by Crippen LogP contribution is -2.42. The fourth-order valence-electron chi connectivity index (χ4n) is 4.96. The minimum Gasteiger partial charge on any atom is -0.497 e. The van der Waals surface area contributed by atoms with Gasteiger partial charge in [0.15, 0.2) is 6.61 Å². The van der Waals surface area contributed by atoms with E-state index in [0.717, 1.165) is 41.7 Å². The van der Waals surface area contributed by atoms with Gasteiger partial charge in [0.05, 0.1) is 32.9 Å². The highest BCUT2D eigenvalue weighted by Gasteiger charge is 2.24. The van der Waals surface area contributed by atoms with Gasteiger partial charge in [0, 0.05) is 25.2 Å². The molecule has 0 aliphatic heterocycles. The Labute approximate surface area is 295 Å². The molecule has 5 N–H and O–H groups in total. The van der Waals surface area contributed by atoms with Crippen molar-refractivity contribution in [1.29, 1.82) is 0 Å². The second-order valence-corrected chi connectivity index (χ2v) is 12.7. The number of carbonyl (C=O) groups is 3. The number of aryl methyl sites for hydroxylation is 1. The lowest BCUT2D eigenvalue weighted by Gasteiger charge is -2.24. The van der Waals surface area contributed by atoms with Gasteiger partial charge in [-0.2, -0.15) is 0 Å². The number of likely N-dealkylation sites (N-methyl/N-ethyl adjacent to an activating group) is 1. The summed E-state index contributed by atoms with van der Waals surface area (Å²) in [7, 11) is 4.68. The summed E-state index contributed by atoms with van der Waals surface area (Å²) in [5.74, 6) is 1.93. The molecule has 0 heterocycles. The molecular weight excluding hydrogens is 640 g/mol. The normalized spacial score (nSPS) is 12.2. The molecule has 0 saturated carbocycles. The van der Waals surface area contributed by atoms with E-state index in [-0.39, 0.29) is 18.4 Å². The van der Waals surface area contributed by atoms with Crippen LogP contribution in [0.3, 0.4) is 0 Å². The molecule has 0 fully saturated rings. The first-order chi connectivity index (χ1) is 23.9. The number of benzene rings is 3. The third-order valence-electron chi connectivity index (χ3n) is 7.65. The summed E-state index contributed by atoms with van der Waals surface area (Å²) in [6.45, 7) is 6.45. The van der Waals surface area contributed by atoms with E-state index in [1.807, 2.05) is 63.2 Å². The van der Waals surface area contributed by atoms with E-state index in [9.17, 15) is 14.4 Å². The SMILES string of the molecule is CNC(=O)COc1ccc(C(NC(=O)[C@@H](N)CCCc2ccc(OCCCCNC(=O)OC(C)(C)C)cc2)c2ccc(OC)cc2OC)cc1. The highest BCUT2D eigenvalue weighted by Crippen LogP contribution is 2.34. The summed E-state index contributed by atoms with van der Waals surface area (Å²) >= 11 is 0. The zero-order valence-corrected chi connectivity index (χ0v) is 30.0. The Kier molecular flexibility index (Phi) is 15.7. The molecule has 0 bridgehead atoms. The van der Waals surface area contributed by atoms with Crippen molar-refractivity contribution in [1.82, 2.24) is 16.0 Å². The molecule has 3 aromatic rings. The average Bonchev–Trinajstić information content (AvgIpc) is 3.10. The predicted molar refractivity (Wildman–Crippen MR) is 192 cm³/mol. The van der Waals surface area contributed by atoms with E-state index in [2.05, 4.69) is 16.0 Å². The highest BCUT2D eigenvalue weighted by molar-refractivity contribution is 5.82. The van der Waals surface area contributed by atoms with Crippen LogP contribution in [0.4, 0.5) is 4.79 Å². The number of unbranched alkanes of at least 4 members (excludes halogenated alkanes) is 1. The van der Waals surface area contributed by atoms with Crippen molar-refractivity contribution < 1.29 is 38.1 Å². The van der Waals surface area contributed by atoms with Crippen molar-refractivity contribution >= 4 is 17.9 Å². The fourth-order valence-corrected chi connectivity index (χ4v) is 4.96. The second-order valence-electron chi connectivity index (χ2n) is 12.7. The number of nitrogens with one attached hydrogen (secondary N) is 3. The Balaban J connectivity index is 1.52. The van der Waals surface area contributed by atoms with Gasteiger partial charge in [-0.3, -0.25) is 9.59 Å². The first kappa shape index (κ1) is 39.5. The smallest absolute Gasteiger partial charge is 0.407 e. The van der Waals surface area contributed by atoms with Crippen LogP contribution in [0.25, 0.3) is 0 Å². The molecule has 12 heteroatoms. The van der Waals surface area contributed by atoms with Gasteiger partial charge < -0.3 is 45.4 Å². The van der Waals surface area contributed by atoms with Crippen LogP contribution in [0.1, 0.15) is 69.2 Å². The van der Waals surface area contributed by atoms with Gasteiger partial charge in [0.1, 0.15) is 28.6 Å². The Hall–Kier alpha value is -4.97. The number of hydrogen-bond donors (Lipinski definition) is 4. The molecular formula is C38H52N4O8. The molecule has 272 valence electrons. The van der Waals surface area contributed by atoms with E-state index in [1.54, 1.807) is 45.5 Å². The number of rotatable bonds is 19. The van der Waals surface area contributed by atoms with Crippen molar-refractivity contribution in [2.45, 2.75) is 70.6 Å². The third-order valence-corrected chi connectivity index (χ3v) is 7.65. The van der Waals surface area contributed by atoms with Gasteiger partial charge in [0.25, 0.3) is 5.91 Å². The van der Waals surface area contributed by atoms with Crippen molar-refractivity contribution in [2.75, 3.05) is 41.0 Å². The zero-order valence-electron chi connectivity index (χ0n) is 30.0. The maximum atomic E-state index is 13.4. The van der Waals surface area contributed by atoms with Crippen molar-refractivity contribution in [3.63, 3.8) is 0 Å². The van der Waals surface area contributed by atoms with Crippen LogP contribution in [-0.4, -0.2) is 70.6 Å². The molecule has 3 aromatic carbocycles. The van der Waals surface area contributed by atoms with Crippen LogP contribution in [0, 0.1) is 0 Å². The van der Waals surface area contributed by atoms with Crippen LogP contribution in [0.15, 0.2) is 66.7 Å². The maximum absolute atomic E-state index is 13.4. The van der Waals surface area contributed by atoms with Gasteiger partial charge in [-0.15, -0.1) is 0 Å². The Morgan fingerprint density at radius 1 is 0.820 bits per heavy atom. The molecule has 0 saturated heterocycles. The molecule has 12 nitrogen and oxygen atoms in total. The third kappa shape index (κ3) is 13.5. The molecule has 50 heavy (non-hydrogen) atoms. The van der Waals surface area contributed by atoms with Gasteiger partial charge in [-0.1, -0.05) is 24.3 Å². The second kappa shape index (κ2) is 19.9. The summed E-state index contributed by atoms with van der Waals surface area (Å²) < 4.78 is 27.6. The molecule has 3 amide bonds. The van der Waals surface area contributed by atoms with Crippen LogP contribution < -0.4 is 40.6 Å². The maximum Gasteiger partial charge on any atom is 0.407 e. The Morgan fingerprint density at radius 2 is 1.48 bits per heavy atom. The number of methoxy groups -OCH3 is 2. The predicted octanol–water partition coefficient (Wildman–Crippen LogP) is 5.07. The van der Waals surface area contributed by atoms with Gasteiger partial charge >= 0.3 is 6.09 Å². The lowest BCUT2D eigenvalue weighted by atomic mass is 9.96. The number of hydrogen-bond acceptors (Lipinski definition) is 9. The summed E-state index contributed by atoms with van der Waals surface area (Å²) in [6, 6.07) is 19.2. The minimum absolute atomic E-state index is 0.104. The molecule has 3 rings (SSSR count). The molecule has 0 radical (unpaired) electrons. The Morgan fingerprint density at radius 3 is 2.12 bits per heavy atom. The van der Waals surface area contributed by atoms with Crippen molar-refractivity contribution in [3.8, 4) is 23.0 Å². The minimum atomic E-state index is -0.732. The summed E-state index contributed by atoms with van der Waals surface area (Å²) in [5, 5.41) is 8.38. The number of nitrogens with two attached hydrogens (primary N) is 1. The van der Waals surface area contributed by atoms with Gasteiger partial charge in [0.2, 0.25) is 5.91 Å². The van der Waals surface area contributed by atoms with E-state index in [4.69, 9.17) is 29.4 Å². The first-order valence-corrected chi connectivity index (χ1v) is 16.8. The lowest BCUT2D eigenvalue weighted by molar-refractivity contribution is -0.123. The summed E-state index contributed by atoms with van der Waals surface area (Å²) in [4.78, 5) is 36.7. The van der Waals surface area contributed by atoms with E-state index in [1.165, 1.54) is 0 Å². The van der Waals surface area contributed by atoms with Gasteiger partial charge in [-0.05, 0) is 100 Å². The number of ether oxygens (including phenoxy) is 5. The molecule has 2 atom stereocenters. The van der Waals surface area contributed by atoms with Crippen LogP contribution in [0.2, 0.25) is 0 Å². The monoisotopic (exact) mass is 692 g/mol. The Bertz CT molecular complexity index is 1510. The molecule has 0 aliphatic rings. The highest BCUT2D eigenvalue weighted by atomic mass is 16.6. The number of amides is 3. The van der Waals surface area contributed by atoms with Gasteiger partial charge in [-0.25, -0.2) is 4.79 Å². The zero-order chi connectivity index (χ0) is 36.5. The van der Waals surface area contributed by atoms with Crippen molar-refractivity contribution in [2.24, 2.45) is 5.73 Å². The van der Waals surface area contributed by atoms with Crippen LogP contribution >= 0.6 is 0 Å². The molecule has 0 aromatic heterocycles. The largest absolute Gasteiger partial charge is 0.497 e. The topological polar surface area (TPSA) is 159 Å². The average molecular weight is 693 g/mol. The van der Waals surface area contributed by atoms with E-state index in [0.29, 0.717) is 43.2 Å². The standard InChI is InChI=1S/C38H52N4O8/c1-38(2,3)50-37(45)41-22-7-8-23-48-28-16-12-26(13-17-28)10-9-11-32(39)36(44)42-35(31-21-20-30(46-5)24-33(31)47-6)27-14-18-29(19-15-27)49-25-34(43)40-4/h12-21,24,32,35H,7-11,22-23,25,39H2,1-6H3,(H,40,43)(H,41,45)(H,42,44)/t32-,35?/m0/s1. The molecule has 0 spiro atoms. The van der Waals surface area contributed by atoms with E-state index < -0.39 is 23.8 Å². The van der Waals surface area contributed by atoms with Crippen LogP contribution in [-0.2, 0) is 20.7 Å². The van der Waals surface area contributed by atoms with Crippen molar-refractivity contribution in [3.05, 3.63) is 83.4 Å². The van der Waals surface area contributed by atoms with Crippen LogP contribution in [0.5, 0.6) is 23.0 Å². The summed E-state index contributed by atoms with van der Waals surface area (Å²) in [5.41, 5.74) is 8.50. The summed E-state index contributed by atoms with van der Waals surface area (Å²) in [6.07, 6.45) is 3.12.